The van der Waals surface area contributed by atoms with Crippen LogP contribution in [0.2, 0.25) is 0 Å². The summed E-state index contributed by atoms with van der Waals surface area (Å²) in [5, 5.41) is 26.8. The maximum atomic E-state index is 12.0. The molecule has 3 rings (SSSR count). The molecule has 0 unspecified atom stereocenters. The van der Waals surface area contributed by atoms with Gasteiger partial charge in [0.05, 0.1) is 11.1 Å². The van der Waals surface area contributed by atoms with Gasteiger partial charge < -0.3 is 0 Å². The molecule has 0 fully saturated rings. The number of nitro benzene ring substituents is 1. The number of hydrazone groups is 1. The van der Waals surface area contributed by atoms with Crippen LogP contribution >= 0.6 is 0 Å². The Morgan fingerprint density at radius 2 is 2.04 bits per heavy atom. The van der Waals surface area contributed by atoms with Crippen molar-refractivity contribution in [3.63, 3.8) is 0 Å². The monoisotopic (exact) mass is 379 g/mol. The highest BCUT2D eigenvalue weighted by Gasteiger charge is 2.11. The van der Waals surface area contributed by atoms with Crippen LogP contribution in [-0.2, 0) is 11.3 Å². The summed E-state index contributed by atoms with van der Waals surface area (Å²) in [5.41, 5.74) is 5.22. The zero-order valence-corrected chi connectivity index (χ0v) is 15.2. The molecular formula is C18H17N7O3. The Morgan fingerprint density at radius 3 is 2.79 bits per heavy atom. The lowest BCUT2D eigenvalue weighted by Gasteiger charge is -2.00. The minimum Gasteiger partial charge on any atom is -0.271 e. The Balaban J connectivity index is 1.61. The summed E-state index contributed by atoms with van der Waals surface area (Å²) >= 11 is 0. The molecule has 2 aromatic carbocycles. The van der Waals surface area contributed by atoms with Crippen molar-refractivity contribution >= 4 is 17.8 Å². The van der Waals surface area contributed by atoms with Gasteiger partial charge in [-0.1, -0.05) is 36.4 Å². The number of amides is 1. The van der Waals surface area contributed by atoms with E-state index in [0.29, 0.717) is 17.0 Å². The molecule has 0 saturated carbocycles. The Labute approximate surface area is 160 Å². The number of aryl methyl sites for hydroxylation is 2. The van der Waals surface area contributed by atoms with E-state index in [9.17, 15) is 14.9 Å². The highest BCUT2D eigenvalue weighted by molar-refractivity contribution is 5.83. The number of benzene rings is 2. The molecule has 1 N–H and O–H groups in total. The first-order valence-electron chi connectivity index (χ1n) is 8.35. The minimum absolute atomic E-state index is 0.00849. The molecule has 3 aromatic rings. The van der Waals surface area contributed by atoms with Gasteiger partial charge in [0.15, 0.2) is 0 Å². The third-order valence-corrected chi connectivity index (χ3v) is 3.96. The average molecular weight is 379 g/mol. The molecule has 0 aliphatic heterocycles. The van der Waals surface area contributed by atoms with Crippen LogP contribution in [0, 0.1) is 24.0 Å². The van der Waals surface area contributed by atoms with Crippen molar-refractivity contribution in [2.75, 3.05) is 0 Å². The van der Waals surface area contributed by atoms with Crippen LogP contribution in [-0.4, -0.2) is 37.3 Å². The van der Waals surface area contributed by atoms with E-state index in [1.807, 2.05) is 31.2 Å². The highest BCUT2D eigenvalue weighted by Crippen LogP contribution is 2.18. The van der Waals surface area contributed by atoms with Gasteiger partial charge in [0.2, 0.25) is 5.82 Å². The van der Waals surface area contributed by atoms with Crippen molar-refractivity contribution < 1.29 is 9.72 Å². The fourth-order valence-electron chi connectivity index (χ4n) is 2.49. The molecule has 28 heavy (non-hydrogen) atoms. The predicted molar refractivity (Wildman–Crippen MR) is 102 cm³/mol. The first-order valence-corrected chi connectivity index (χ1v) is 8.35. The fourth-order valence-corrected chi connectivity index (χ4v) is 2.49. The number of carbonyl (C=O) groups excluding carboxylic acids is 1. The van der Waals surface area contributed by atoms with Gasteiger partial charge in [-0.15, -0.1) is 10.2 Å². The Bertz CT molecular complexity index is 1060. The number of hydrogen-bond acceptors (Lipinski definition) is 7. The van der Waals surface area contributed by atoms with Crippen molar-refractivity contribution in [2.45, 2.75) is 20.4 Å². The molecule has 1 amide bonds. The summed E-state index contributed by atoms with van der Waals surface area (Å²) in [6.07, 6.45) is 1.33. The first kappa shape index (κ1) is 18.8. The molecule has 1 aromatic heterocycles. The van der Waals surface area contributed by atoms with E-state index in [0.717, 1.165) is 11.1 Å². The van der Waals surface area contributed by atoms with Crippen LogP contribution in [0.4, 0.5) is 5.69 Å². The second-order valence-electron chi connectivity index (χ2n) is 6.05. The lowest BCUT2D eigenvalue weighted by Crippen LogP contribution is -2.24. The number of hydrogen-bond donors (Lipinski definition) is 1. The topological polar surface area (TPSA) is 128 Å². The zero-order chi connectivity index (χ0) is 20.1. The number of nitrogens with one attached hydrogen (secondary N) is 1. The lowest BCUT2D eigenvalue weighted by atomic mass is 10.1. The molecule has 0 atom stereocenters. The zero-order valence-electron chi connectivity index (χ0n) is 15.2. The van der Waals surface area contributed by atoms with E-state index in [1.165, 1.54) is 17.1 Å². The fraction of sp³-hybridized carbons (Fsp3) is 0.167. The Kier molecular flexibility index (Phi) is 5.49. The van der Waals surface area contributed by atoms with Gasteiger partial charge >= 0.3 is 0 Å². The van der Waals surface area contributed by atoms with E-state index in [1.54, 1.807) is 19.1 Å². The maximum Gasteiger partial charge on any atom is 0.272 e. The van der Waals surface area contributed by atoms with Crippen LogP contribution < -0.4 is 5.43 Å². The molecule has 0 saturated heterocycles. The van der Waals surface area contributed by atoms with E-state index in [2.05, 4.69) is 25.9 Å². The summed E-state index contributed by atoms with van der Waals surface area (Å²) in [6.45, 7) is 3.42. The van der Waals surface area contributed by atoms with Crippen LogP contribution in [0.5, 0.6) is 0 Å². The van der Waals surface area contributed by atoms with Gasteiger partial charge in [-0.2, -0.15) is 9.90 Å². The highest BCUT2D eigenvalue weighted by atomic mass is 16.6. The van der Waals surface area contributed by atoms with Crippen molar-refractivity contribution in [1.29, 1.82) is 0 Å². The van der Waals surface area contributed by atoms with Crippen molar-refractivity contribution in [3.05, 3.63) is 69.3 Å². The summed E-state index contributed by atoms with van der Waals surface area (Å²) in [4.78, 5) is 23.6. The molecule has 0 radical (unpaired) electrons. The molecular weight excluding hydrogens is 362 g/mol. The van der Waals surface area contributed by atoms with Gasteiger partial charge in [0, 0.05) is 22.8 Å². The molecule has 0 bridgehead atoms. The average Bonchev–Trinajstić information content (AvgIpc) is 3.11. The van der Waals surface area contributed by atoms with Gasteiger partial charge in [0.25, 0.3) is 11.6 Å². The van der Waals surface area contributed by atoms with Gasteiger partial charge in [-0.05, 0) is 24.6 Å². The molecule has 10 heteroatoms. The molecule has 0 aliphatic rings. The predicted octanol–water partition coefficient (Wildman–Crippen LogP) is 2.02. The van der Waals surface area contributed by atoms with Crippen molar-refractivity contribution in [2.24, 2.45) is 5.10 Å². The smallest absolute Gasteiger partial charge is 0.271 e. The number of aromatic nitrogens is 4. The number of carbonyl (C=O) groups is 1. The largest absolute Gasteiger partial charge is 0.272 e. The van der Waals surface area contributed by atoms with E-state index >= 15 is 0 Å². The van der Waals surface area contributed by atoms with Gasteiger partial charge in [0.1, 0.15) is 6.54 Å². The van der Waals surface area contributed by atoms with Crippen molar-refractivity contribution in [3.8, 4) is 11.4 Å². The van der Waals surface area contributed by atoms with E-state index in [4.69, 9.17) is 0 Å². The van der Waals surface area contributed by atoms with Crippen LogP contribution in [0.25, 0.3) is 11.4 Å². The molecule has 10 nitrogen and oxygen atoms in total. The van der Waals surface area contributed by atoms with Gasteiger partial charge in [-0.3, -0.25) is 14.9 Å². The number of nitro groups is 1. The Morgan fingerprint density at radius 1 is 1.25 bits per heavy atom. The minimum atomic E-state index is -0.465. The molecule has 0 aliphatic carbocycles. The van der Waals surface area contributed by atoms with Gasteiger partial charge in [-0.25, -0.2) is 5.43 Å². The van der Waals surface area contributed by atoms with Crippen molar-refractivity contribution in [1.82, 2.24) is 25.6 Å². The summed E-state index contributed by atoms with van der Waals surface area (Å²) in [7, 11) is 0. The molecule has 1 heterocycles. The molecule has 0 spiro atoms. The second kappa shape index (κ2) is 8.16. The summed E-state index contributed by atoms with van der Waals surface area (Å²) in [5.74, 6) is -0.0204. The standard InChI is InChI=1S/C18H17N7O3/c1-12-5-3-4-6-15(12)18-21-23-24(22-18)11-17(26)20-19-10-14-8-7-13(2)16(9-14)25(27)28/h3-10H,11H2,1-2H3,(H,20,26)/b19-10-. The molecule has 142 valence electrons. The van der Waals surface area contributed by atoms with E-state index in [-0.39, 0.29) is 12.2 Å². The third kappa shape index (κ3) is 4.41. The lowest BCUT2D eigenvalue weighted by molar-refractivity contribution is -0.385. The maximum absolute atomic E-state index is 12.0. The normalized spacial score (nSPS) is 10.9. The number of tetrazole rings is 1. The van der Waals surface area contributed by atoms with E-state index < -0.39 is 10.8 Å². The van der Waals surface area contributed by atoms with Crippen LogP contribution in [0.15, 0.2) is 47.6 Å². The number of rotatable bonds is 6. The SMILES string of the molecule is Cc1ccccc1-c1nnn(CC(=O)N/N=C\c2ccc(C)c([N+](=O)[O-])c2)n1. The first-order chi connectivity index (χ1) is 13.4. The van der Waals surface area contributed by atoms with Crippen LogP contribution in [0.3, 0.4) is 0 Å². The Hall–Kier alpha value is -3.95. The third-order valence-electron chi connectivity index (χ3n) is 3.96. The summed E-state index contributed by atoms with van der Waals surface area (Å²) < 4.78 is 0. The second-order valence-corrected chi connectivity index (χ2v) is 6.05. The number of nitrogens with zero attached hydrogens (tertiary/aromatic N) is 6. The summed E-state index contributed by atoms with van der Waals surface area (Å²) in [6, 6.07) is 12.3. The van der Waals surface area contributed by atoms with Crippen LogP contribution in [0.1, 0.15) is 16.7 Å². The quantitative estimate of drug-likeness (QED) is 0.396.